The quantitative estimate of drug-likeness (QED) is 0.0364. The Bertz CT molecular complexity index is 1390. The molecule has 0 bridgehead atoms. The average Bonchev–Trinajstić information content (AvgIpc) is 3.40. The minimum absolute atomic E-state index is 0.219. The molecule has 3 saturated heterocycles. The van der Waals surface area contributed by atoms with Crippen LogP contribution in [0.4, 0.5) is 0 Å². The van der Waals surface area contributed by atoms with E-state index in [9.17, 15) is 61.0 Å². The molecule has 75 heavy (non-hydrogen) atoms. The van der Waals surface area contributed by atoms with Crippen LogP contribution in [0.5, 0.6) is 0 Å². The van der Waals surface area contributed by atoms with Gasteiger partial charge in [-0.25, -0.2) is 0 Å². The van der Waals surface area contributed by atoms with Crippen LogP contribution in [0.3, 0.4) is 0 Å². The highest BCUT2D eigenvalue weighted by molar-refractivity contribution is 5.76. The molecule has 0 spiro atoms. The third-order valence-electron chi connectivity index (χ3n) is 15.4. The average molecular weight is 1080 g/mol. The van der Waals surface area contributed by atoms with Gasteiger partial charge >= 0.3 is 0 Å². The number of unbranched alkanes of at least 4 members (excludes halogenated alkanes) is 28. The van der Waals surface area contributed by atoms with E-state index in [1.54, 1.807) is 0 Å². The van der Waals surface area contributed by atoms with Crippen molar-refractivity contribution in [1.82, 2.24) is 5.32 Å². The summed E-state index contributed by atoms with van der Waals surface area (Å²) in [5.41, 5.74) is 0. The van der Waals surface area contributed by atoms with E-state index < -0.39 is 124 Å². The van der Waals surface area contributed by atoms with Crippen LogP contribution in [0.25, 0.3) is 0 Å². The first-order valence-electron chi connectivity index (χ1n) is 29.8. The van der Waals surface area contributed by atoms with Gasteiger partial charge in [-0.2, -0.15) is 0 Å². The van der Waals surface area contributed by atoms with E-state index in [1.165, 1.54) is 161 Å². The molecule has 19 heteroatoms. The van der Waals surface area contributed by atoms with Crippen LogP contribution in [0.2, 0.25) is 0 Å². The summed E-state index contributed by atoms with van der Waals surface area (Å²) in [6, 6.07) is -0.877. The number of rotatable bonds is 44. The first kappa shape index (κ1) is 68.1. The van der Waals surface area contributed by atoms with Gasteiger partial charge in [0.1, 0.15) is 73.2 Å². The summed E-state index contributed by atoms with van der Waals surface area (Å²) in [7, 11) is 0. The number of amides is 1. The zero-order valence-electron chi connectivity index (χ0n) is 46.0. The summed E-state index contributed by atoms with van der Waals surface area (Å²) >= 11 is 0. The smallest absolute Gasteiger partial charge is 0.220 e. The fourth-order valence-corrected chi connectivity index (χ4v) is 10.5. The third kappa shape index (κ3) is 25.4. The van der Waals surface area contributed by atoms with Crippen molar-refractivity contribution in [3.8, 4) is 0 Å². The lowest BCUT2D eigenvalue weighted by Crippen LogP contribution is -2.66. The van der Waals surface area contributed by atoms with Crippen molar-refractivity contribution >= 4 is 5.91 Å². The summed E-state index contributed by atoms with van der Waals surface area (Å²) < 4.78 is 33.9. The van der Waals surface area contributed by atoms with Gasteiger partial charge in [0.25, 0.3) is 0 Å². The van der Waals surface area contributed by atoms with Crippen LogP contribution in [-0.2, 0) is 33.2 Å². The molecule has 0 radical (unpaired) electrons. The van der Waals surface area contributed by atoms with Crippen molar-refractivity contribution in [3.63, 3.8) is 0 Å². The maximum absolute atomic E-state index is 12.7. The molecule has 3 aliphatic rings. The van der Waals surface area contributed by atoms with Crippen molar-refractivity contribution in [2.75, 3.05) is 26.4 Å². The molecular weight excluding hydrogens is 975 g/mol. The first-order valence-corrected chi connectivity index (χ1v) is 29.8. The largest absolute Gasteiger partial charge is 0.394 e. The lowest BCUT2D eigenvalue weighted by molar-refractivity contribution is -0.379. The second-order valence-electron chi connectivity index (χ2n) is 21.8. The molecule has 17 unspecified atom stereocenters. The van der Waals surface area contributed by atoms with Crippen molar-refractivity contribution in [3.05, 3.63) is 0 Å². The summed E-state index contributed by atoms with van der Waals surface area (Å²) in [6.07, 6.45) is 12.9. The molecule has 3 heterocycles. The zero-order valence-corrected chi connectivity index (χ0v) is 46.0. The summed E-state index contributed by atoms with van der Waals surface area (Å²) in [5.74, 6) is -0.294. The molecule has 0 saturated carbocycles. The van der Waals surface area contributed by atoms with Gasteiger partial charge in [-0.05, 0) is 12.8 Å². The van der Waals surface area contributed by atoms with Crippen LogP contribution >= 0.6 is 0 Å². The van der Waals surface area contributed by atoms with Crippen molar-refractivity contribution < 1.29 is 89.4 Å². The molecule has 19 nitrogen and oxygen atoms in total. The Morgan fingerprint density at radius 3 is 1.13 bits per heavy atom. The molecule has 0 aromatic carbocycles. The fourth-order valence-electron chi connectivity index (χ4n) is 10.5. The molecule has 0 aliphatic carbocycles. The minimum Gasteiger partial charge on any atom is -0.394 e. The second-order valence-corrected chi connectivity index (χ2v) is 21.8. The zero-order chi connectivity index (χ0) is 54.8. The molecule has 444 valence electrons. The molecule has 0 aromatic heterocycles. The first-order chi connectivity index (χ1) is 36.3. The fraction of sp³-hybridized carbons (Fsp3) is 0.982. The lowest BCUT2D eigenvalue weighted by atomic mass is 9.96. The molecule has 0 aromatic rings. The van der Waals surface area contributed by atoms with Gasteiger partial charge < -0.3 is 89.9 Å². The van der Waals surface area contributed by atoms with Gasteiger partial charge in [-0.3, -0.25) is 4.79 Å². The topological polar surface area (TPSA) is 307 Å². The molecule has 3 aliphatic heterocycles. The van der Waals surface area contributed by atoms with Crippen molar-refractivity contribution in [1.29, 1.82) is 0 Å². The normalized spacial score (nSPS) is 31.1. The molecule has 17 atom stereocenters. The van der Waals surface area contributed by atoms with E-state index in [0.29, 0.717) is 12.8 Å². The van der Waals surface area contributed by atoms with E-state index in [-0.39, 0.29) is 18.9 Å². The van der Waals surface area contributed by atoms with Crippen LogP contribution in [0, 0.1) is 0 Å². The van der Waals surface area contributed by atoms with Crippen LogP contribution < -0.4 is 5.32 Å². The second kappa shape index (κ2) is 40.9. The summed E-state index contributed by atoms with van der Waals surface area (Å²) in [6.45, 7) is 1.43. The molecular formula is C56H107NO18. The Morgan fingerprint density at radius 2 is 0.760 bits per heavy atom. The maximum Gasteiger partial charge on any atom is 0.220 e. The number of aliphatic hydroxyl groups excluding tert-OH is 11. The molecule has 3 fully saturated rings. The maximum atomic E-state index is 12.7. The Balaban J connectivity index is 1.27. The Hall–Kier alpha value is -1.21. The molecule has 3 rings (SSSR count). The monoisotopic (exact) mass is 1080 g/mol. The number of carbonyl (C=O) groups is 1. The predicted octanol–water partition coefficient (Wildman–Crippen LogP) is 4.82. The van der Waals surface area contributed by atoms with Gasteiger partial charge in [0.15, 0.2) is 18.9 Å². The van der Waals surface area contributed by atoms with Crippen LogP contribution in [0.15, 0.2) is 0 Å². The van der Waals surface area contributed by atoms with Gasteiger partial charge in [-0.1, -0.05) is 200 Å². The van der Waals surface area contributed by atoms with E-state index in [0.717, 1.165) is 25.7 Å². The van der Waals surface area contributed by atoms with E-state index in [1.807, 2.05) is 6.92 Å². The van der Waals surface area contributed by atoms with Gasteiger partial charge in [0.2, 0.25) is 5.91 Å². The minimum atomic E-state index is -1.97. The van der Waals surface area contributed by atoms with E-state index in [4.69, 9.17) is 28.4 Å². The number of ether oxygens (including phenoxy) is 6. The highest BCUT2D eigenvalue weighted by atomic mass is 16.8. The van der Waals surface area contributed by atoms with Gasteiger partial charge in [0.05, 0.1) is 38.6 Å². The van der Waals surface area contributed by atoms with E-state index in [2.05, 4.69) is 12.2 Å². The SMILES string of the molecule is CCCCCCCCCCCCCCCCCCCCCCCCCCCCCCCC(O)C(COC1OC(CO)C(OC2OC(CO)C(OC3OC(CO)C(O)C(O)C3O)C(O)C2O)C(O)C1O)NC(=O)CCC. The standard InChI is InChI=1S/C56H107NO18/c1-3-5-6-7-8-9-10-11-12-13-14-15-16-17-18-19-20-21-22-23-24-25-26-27-28-29-30-31-32-34-40(61)39(57-44(62)33-4-2)38-70-54-50(68)47(65)52(42(36-59)72-54)75-56-51(69)48(66)53(43(37-60)73-56)74-55-49(67)46(64)45(63)41(35-58)71-55/h39-43,45-56,58-61,63-69H,3-38H2,1-2H3,(H,57,62). The highest BCUT2D eigenvalue weighted by Crippen LogP contribution is 2.33. The number of hydrogen-bond acceptors (Lipinski definition) is 18. The van der Waals surface area contributed by atoms with Gasteiger partial charge in [-0.15, -0.1) is 0 Å². The van der Waals surface area contributed by atoms with Crippen LogP contribution in [0.1, 0.15) is 219 Å². The Kier molecular flexibility index (Phi) is 37.1. The summed E-state index contributed by atoms with van der Waals surface area (Å²) in [5, 5.41) is 119. The number of hydrogen-bond donors (Lipinski definition) is 12. The number of nitrogens with one attached hydrogen (secondary N) is 1. The van der Waals surface area contributed by atoms with Gasteiger partial charge in [0, 0.05) is 6.42 Å². The number of aliphatic hydroxyl groups is 11. The highest BCUT2D eigenvalue weighted by Gasteiger charge is 2.53. The third-order valence-corrected chi connectivity index (χ3v) is 15.4. The molecule has 1 amide bonds. The van der Waals surface area contributed by atoms with Crippen molar-refractivity contribution in [2.24, 2.45) is 0 Å². The number of carbonyl (C=O) groups excluding carboxylic acids is 1. The van der Waals surface area contributed by atoms with Crippen molar-refractivity contribution in [2.45, 2.75) is 324 Å². The predicted molar refractivity (Wildman–Crippen MR) is 282 cm³/mol. The molecule has 12 N–H and O–H groups in total. The van der Waals surface area contributed by atoms with E-state index >= 15 is 0 Å². The lowest BCUT2D eigenvalue weighted by Gasteiger charge is -2.48. The summed E-state index contributed by atoms with van der Waals surface area (Å²) in [4.78, 5) is 12.7. The Morgan fingerprint density at radius 1 is 0.427 bits per heavy atom. The Labute approximate surface area is 449 Å². The van der Waals surface area contributed by atoms with Crippen LogP contribution in [-0.4, -0.2) is 193 Å².